The molecule has 0 saturated carbocycles. The number of phenols is 3. The van der Waals surface area contributed by atoms with Crippen molar-refractivity contribution < 1.29 is 25.0 Å². The molecule has 9 nitrogen and oxygen atoms in total. The second-order valence-corrected chi connectivity index (χ2v) is 7.91. The van der Waals surface area contributed by atoms with E-state index >= 15 is 0 Å². The van der Waals surface area contributed by atoms with E-state index in [2.05, 4.69) is 0 Å². The van der Waals surface area contributed by atoms with Crippen LogP contribution >= 0.6 is 0 Å². The minimum atomic E-state index is -0.642. The van der Waals surface area contributed by atoms with Gasteiger partial charge in [0.1, 0.15) is 17.2 Å². The minimum Gasteiger partial charge on any atom is -0.508 e. The van der Waals surface area contributed by atoms with E-state index in [4.69, 9.17) is 4.74 Å². The summed E-state index contributed by atoms with van der Waals surface area (Å²) in [5.74, 6) is 0.121. The zero-order valence-electron chi connectivity index (χ0n) is 18.1. The molecule has 1 saturated heterocycles. The Balaban J connectivity index is 1.78. The third-order valence-corrected chi connectivity index (χ3v) is 5.90. The molecule has 3 N–H and O–H groups in total. The first-order valence-electron chi connectivity index (χ1n) is 10.5. The van der Waals surface area contributed by atoms with Gasteiger partial charge in [0, 0.05) is 42.9 Å². The molecule has 0 aromatic heterocycles. The average molecular weight is 451 g/mol. The first-order valence-corrected chi connectivity index (χ1v) is 10.5. The maximum atomic E-state index is 11.6. The highest BCUT2D eigenvalue weighted by Crippen LogP contribution is 2.44. The van der Waals surface area contributed by atoms with Crippen LogP contribution in [0.5, 0.6) is 23.0 Å². The summed E-state index contributed by atoms with van der Waals surface area (Å²) in [5.41, 5.74) is 1.28. The van der Waals surface area contributed by atoms with E-state index in [1.54, 1.807) is 30.3 Å². The number of nitro groups is 1. The molecule has 4 rings (SSSR count). The van der Waals surface area contributed by atoms with Crippen molar-refractivity contribution in [3.63, 3.8) is 0 Å². The van der Waals surface area contributed by atoms with Gasteiger partial charge in [0.05, 0.1) is 24.3 Å². The van der Waals surface area contributed by atoms with Gasteiger partial charge in [0.2, 0.25) is 5.75 Å². The molecule has 1 heterocycles. The Morgan fingerprint density at radius 1 is 0.939 bits per heavy atom. The summed E-state index contributed by atoms with van der Waals surface area (Å²) in [6.45, 7) is 1.88. The van der Waals surface area contributed by atoms with Crippen molar-refractivity contribution in [3.8, 4) is 23.0 Å². The van der Waals surface area contributed by atoms with Crippen molar-refractivity contribution in [2.75, 3.05) is 20.2 Å². The molecular weight excluding hydrogens is 426 g/mol. The molecule has 1 aliphatic heterocycles. The second-order valence-electron chi connectivity index (χ2n) is 7.91. The molecule has 0 radical (unpaired) electrons. The maximum Gasteiger partial charge on any atom is 0.314 e. The van der Waals surface area contributed by atoms with Gasteiger partial charge in [-0.2, -0.15) is 0 Å². The zero-order valence-corrected chi connectivity index (χ0v) is 18.1. The first kappa shape index (κ1) is 22.4. The van der Waals surface area contributed by atoms with Gasteiger partial charge in [-0.25, -0.2) is 0 Å². The molecule has 0 amide bonds. The standard InChI is InChI=1S/C24H25N3O6/c1-33-18-12-19(23(30)20(13-18)27(31)32)24-25(14-16-6-2-4-8-21(16)28)10-11-26(24)15-17-7-3-5-9-22(17)29/h2-9,12-13,24,28-30H,10-11,14-15H2,1H3. The molecule has 3 aromatic carbocycles. The largest absolute Gasteiger partial charge is 0.508 e. The molecule has 0 spiro atoms. The number of phenolic OH excluding ortho intramolecular Hbond substituents is 3. The van der Waals surface area contributed by atoms with Crippen LogP contribution in [0.25, 0.3) is 0 Å². The normalized spacial score (nSPS) is 15.1. The highest BCUT2D eigenvalue weighted by molar-refractivity contribution is 5.56. The number of hydrogen-bond donors (Lipinski definition) is 3. The lowest BCUT2D eigenvalue weighted by Crippen LogP contribution is -2.30. The number of benzene rings is 3. The maximum absolute atomic E-state index is 11.6. The van der Waals surface area contributed by atoms with Crippen molar-refractivity contribution in [1.29, 1.82) is 0 Å². The number of para-hydroxylation sites is 2. The van der Waals surface area contributed by atoms with Crippen LogP contribution in [0, 0.1) is 10.1 Å². The number of rotatable bonds is 7. The van der Waals surface area contributed by atoms with Gasteiger partial charge < -0.3 is 20.1 Å². The Bertz CT molecular complexity index is 1110. The smallest absolute Gasteiger partial charge is 0.314 e. The Morgan fingerprint density at radius 3 is 1.91 bits per heavy atom. The van der Waals surface area contributed by atoms with Crippen LogP contribution in [-0.2, 0) is 13.1 Å². The Labute approximate surface area is 190 Å². The van der Waals surface area contributed by atoms with E-state index in [0.717, 1.165) is 0 Å². The van der Waals surface area contributed by atoms with Crippen LogP contribution in [-0.4, -0.2) is 50.2 Å². The number of methoxy groups -OCH3 is 1. The summed E-state index contributed by atoms with van der Waals surface area (Å²) in [7, 11) is 1.41. The van der Waals surface area contributed by atoms with Crippen LogP contribution in [0.1, 0.15) is 22.9 Å². The summed E-state index contributed by atoms with van der Waals surface area (Å²) >= 11 is 0. The fraction of sp³-hybridized carbons (Fsp3) is 0.250. The number of nitrogens with zero attached hydrogens (tertiary/aromatic N) is 3. The Kier molecular flexibility index (Phi) is 6.34. The molecule has 0 bridgehead atoms. The van der Waals surface area contributed by atoms with Crippen LogP contribution in [0.4, 0.5) is 5.69 Å². The number of nitro benzene ring substituents is 1. The van der Waals surface area contributed by atoms with Gasteiger partial charge in [-0.1, -0.05) is 36.4 Å². The number of ether oxygens (including phenoxy) is 1. The lowest BCUT2D eigenvalue weighted by atomic mass is 10.1. The predicted octanol–water partition coefficient (Wildman–Crippen LogP) is 3.74. The summed E-state index contributed by atoms with van der Waals surface area (Å²) < 4.78 is 5.27. The van der Waals surface area contributed by atoms with Gasteiger partial charge in [0.15, 0.2) is 0 Å². The van der Waals surface area contributed by atoms with Crippen LogP contribution in [0.2, 0.25) is 0 Å². The minimum absolute atomic E-state index is 0.149. The summed E-state index contributed by atoms with van der Waals surface area (Å²) in [5, 5.41) is 43.0. The van der Waals surface area contributed by atoms with Crippen molar-refractivity contribution in [2.24, 2.45) is 0 Å². The average Bonchev–Trinajstić information content (AvgIpc) is 3.18. The van der Waals surface area contributed by atoms with Crippen molar-refractivity contribution in [1.82, 2.24) is 9.80 Å². The topological polar surface area (TPSA) is 120 Å². The van der Waals surface area contributed by atoms with Crippen LogP contribution in [0.3, 0.4) is 0 Å². The van der Waals surface area contributed by atoms with Gasteiger partial charge in [-0.05, 0) is 18.2 Å². The predicted molar refractivity (Wildman–Crippen MR) is 121 cm³/mol. The lowest BCUT2D eigenvalue weighted by Gasteiger charge is -2.31. The Morgan fingerprint density at radius 2 is 1.45 bits per heavy atom. The summed E-state index contributed by atoms with van der Waals surface area (Å²) in [6, 6.07) is 16.7. The zero-order chi connectivity index (χ0) is 23.5. The van der Waals surface area contributed by atoms with E-state index in [1.807, 2.05) is 34.1 Å². The molecule has 0 unspecified atom stereocenters. The third kappa shape index (κ3) is 4.55. The van der Waals surface area contributed by atoms with Crippen LogP contribution in [0.15, 0.2) is 60.7 Å². The molecule has 0 aliphatic carbocycles. The van der Waals surface area contributed by atoms with E-state index in [-0.39, 0.29) is 17.2 Å². The first-order chi connectivity index (χ1) is 15.9. The monoisotopic (exact) mass is 451 g/mol. The number of hydrogen-bond acceptors (Lipinski definition) is 8. The van der Waals surface area contributed by atoms with E-state index in [1.165, 1.54) is 13.2 Å². The highest BCUT2D eigenvalue weighted by atomic mass is 16.6. The van der Waals surface area contributed by atoms with E-state index < -0.39 is 22.5 Å². The fourth-order valence-electron chi connectivity index (χ4n) is 4.25. The molecule has 1 aliphatic rings. The third-order valence-electron chi connectivity index (χ3n) is 5.90. The molecule has 9 heteroatoms. The van der Waals surface area contributed by atoms with E-state index in [9.17, 15) is 25.4 Å². The Hall–Kier alpha value is -3.82. The van der Waals surface area contributed by atoms with Crippen molar-refractivity contribution in [3.05, 3.63) is 87.5 Å². The summed E-state index contributed by atoms with van der Waals surface area (Å²) in [4.78, 5) is 15.0. The van der Waals surface area contributed by atoms with Crippen LogP contribution < -0.4 is 4.74 Å². The quantitative estimate of drug-likeness (QED) is 0.367. The van der Waals surface area contributed by atoms with Gasteiger partial charge in [0.25, 0.3) is 0 Å². The van der Waals surface area contributed by atoms with Crippen molar-refractivity contribution >= 4 is 5.69 Å². The molecule has 0 atom stereocenters. The fourth-order valence-corrected chi connectivity index (χ4v) is 4.25. The molecular formula is C24H25N3O6. The summed E-state index contributed by atoms with van der Waals surface area (Å²) in [6.07, 6.45) is -0.557. The van der Waals surface area contributed by atoms with Gasteiger partial charge in [-0.15, -0.1) is 0 Å². The van der Waals surface area contributed by atoms with Crippen molar-refractivity contribution in [2.45, 2.75) is 19.3 Å². The molecule has 3 aromatic rings. The highest BCUT2D eigenvalue weighted by Gasteiger charge is 2.37. The second kappa shape index (κ2) is 9.35. The molecule has 172 valence electrons. The van der Waals surface area contributed by atoms with Gasteiger partial charge >= 0.3 is 5.69 Å². The SMILES string of the molecule is COc1cc(C2N(Cc3ccccc3O)CCN2Cc2ccccc2O)c(O)c([N+](=O)[O-])c1. The lowest BCUT2D eigenvalue weighted by molar-refractivity contribution is -0.386. The van der Waals surface area contributed by atoms with E-state index in [0.29, 0.717) is 42.9 Å². The molecule has 33 heavy (non-hydrogen) atoms. The molecule has 1 fully saturated rings. The number of aromatic hydroxyl groups is 3. The van der Waals surface area contributed by atoms with Gasteiger partial charge in [-0.3, -0.25) is 19.9 Å².